The first-order valence-corrected chi connectivity index (χ1v) is 9.76. The highest BCUT2D eigenvalue weighted by molar-refractivity contribution is 9.10. The molecule has 7 heteroatoms. The Morgan fingerprint density at radius 3 is 2.68 bits per heavy atom. The Kier molecular flexibility index (Phi) is 4.13. The molecule has 0 fully saturated rings. The molecule has 1 N–H and O–H groups in total. The molecule has 0 aliphatic carbocycles. The van der Waals surface area contributed by atoms with Crippen molar-refractivity contribution in [3.05, 3.63) is 68.6 Å². The Labute approximate surface area is 157 Å². The van der Waals surface area contributed by atoms with Gasteiger partial charge < -0.3 is 0 Å². The van der Waals surface area contributed by atoms with Crippen LogP contribution in [0.3, 0.4) is 0 Å². The Morgan fingerprint density at radius 1 is 1.20 bits per heavy atom. The molecule has 25 heavy (non-hydrogen) atoms. The normalized spacial score (nSPS) is 18.8. The van der Waals surface area contributed by atoms with Crippen LogP contribution in [0, 0.1) is 6.92 Å². The Balaban J connectivity index is 1.99. The second-order valence-electron chi connectivity index (χ2n) is 5.83. The molecule has 0 saturated heterocycles. The van der Waals surface area contributed by atoms with Crippen LogP contribution in [0.4, 0.5) is 0 Å². The van der Waals surface area contributed by atoms with Gasteiger partial charge >= 0.3 is 0 Å². The van der Waals surface area contributed by atoms with E-state index in [1.54, 1.807) is 5.01 Å². The Bertz CT molecular complexity index is 1020. The number of hydrogen-bond acceptors (Lipinski definition) is 5. The predicted octanol–water partition coefficient (Wildman–Crippen LogP) is 2.26. The first-order chi connectivity index (χ1) is 12.1. The van der Waals surface area contributed by atoms with Crippen LogP contribution in [0.5, 0.6) is 0 Å². The van der Waals surface area contributed by atoms with Crippen LogP contribution in [0.1, 0.15) is 17.3 Å². The molecule has 0 radical (unpaired) electrons. The van der Waals surface area contributed by atoms with E-state index in [2.05, 4.69) is 26.3 Å². The van der Waals surface area contributed by atoms with Crippen LogP contribution in [-0.2, 0) is 4.79 Å². The Morgan fingerprint density at radius 2 is 1.96 bits per heavy atom. The van der Waals surface area contributed by atoms with Crippen LogP contribution < -0.4 is 15.9 Å². The van der Waals surface area contributed by atoms with Gasteiger partial charge in [0.1, 0.15) is 5.70 Å². The molecular weight excluding hydrogens is 400 g/mol. The third-order valence-electron chi connectivity index (χ3n) is 4.14. The van der Waals surface area contributed by atoms with Gasteiger partial charge in [0.25, 0.3) is 5.91 Å². The number of benzene rings is 2. The van der Waals surface area contributed by atoms with Crippen molar-refractivity contribution in [3.8, 4) is 0 Å². The third-order valence-corrected chi connectivity index (χ3v) is 5.20. The number of amidine groups is 1. The lowest BCUT2D eigenvalue weighted by molar-refractivity contribution is -0.116. The minimum atomic E-state index is -0.363. The summed E-state index contributed by atoms with van der Waals surface area (Å²) in [6.45, 7) is 2.05. The first kappa shape index (κ1) is 16.4. The number of carbonyl (C=O) groups is 1. The van der Waals surface area contributed by atoms with Crippen molar-refractivity contribution in [2.24, 2.45) is 10.1 Å². The van der Waals surface area contributed by atoms with E-state index in [1.807, 2.05) is 55.6 Å². The molecule has 0 aromatic heterocycles. The molecule has 5 nitrogen and oxygen atoms in total. The molecule has 2 aliphatic heterocycles. The number of hydrogen-bond donors (Lipinski definition) is 1. The summed E-state index contributed by atoms with van der Waals surface area (Å²) < 4.78 is 0.898. The zero-order valence-electron chi connectivity index (χ0n) is 13.7. The monoisotopic (exact) mass is 414 g/mol. The van der Waals surface area contributed by atoms with Gasteiger partial charge in [0.2, 0.25) is 0 Å². The van der Waals surface area contributed by atoms with E-state index < -0.39 is 0 Å². The topological polar surface area (TPSA) is 57.1 Å². The number of thioether (sulfide) groups is 1. The molecule has 2 aromatic rings. The molecule has 1 atom stereocenters. The van der Waals surface area contributed by atoms with Crippen LogP contribution in [-0.4, -0.2) is 22.3 Å². The minimum Gasteiger partial charge on any atom is -0.298 e. The SMILES string of the molecule is CSC1=NN2C(=c3cc(Br)ccc3=N[C@@H]2c2ccc(C)cc2)C(=O)N1. The van der Waals surface area contributed by atoms with Crippen molar-refractivity contribution >= 4 is 44.5 Å². The van der Waals surface area contributed by atoms with E-state index in [1.165, 1.54) is 17.3 Å². The van der Waals surface area contributed by atoms with Crippen LogP contribution in [0.2, 0.25) is 0 Å². The predicted molar refractivity (Wildman–Crippen MR) is 103 cm³/mol. The molecule has 2 heterocycles. The number of rotatable bonds is 1. The highest BCUT2D eigenvalue weighted by Gasteiger charge is 2.34. The van der Waals surface area contributed by atoms with Gasteiger partial charge in [-0.25, -0.2) is 5.01 Å². The van der Waals surface area contributed by atoms with E-state index >= 15 is 0 Å². The van der Waals surface area contributed by atoms with E-state index in [0.29, 0.717) is 10.9 Å². The third kappa shape index (κ3) is 2.87. The van der Waals surface area contributed by atoms with Crippen molar-refractivity contribution in [2.75, 3.05) is 6.26 Å². The zero-order chi connectivity index (χ0) is 17.6. The lowest BCUT2D eigenvalue weighted by Crippen LogP contribution is -2.50. The van der Waals surface area contributed by atoms with Crippen molar-refractivity contribution < 1.29 is 4.79 Å². The number of carbonyl (C=O) groups excluding carboxylic acids is 1. The number of nitrogens with zero attached hydrogens (tertiary/aromatic N) is 3. The quantitative estimate of drug-likeness (QED) is 0.778. The average molecular weight is 415 g/mol. The van der Waals surface area contributed by atoms with Gasteiger partial charge in [0.15, 0.2) is 11.3 Å². The van der Waals surface area contributed by atoms with Crippen molar-refractivity contribution in [1.29, 1.82) is 0 Å². The number of hydrazone groups is 1. The first-order valence-electron chi connectivity index (χ1n) is 7.74. The summed E-state index contributed by atoms with van der Waals surface area (Å²) in [6.07, 6.45) is 1.52. The summed E-state index contributed by atoms with van der Waals surface area (Å²) >= 11 is 4.88. The highest BCUT2D eigenvalue weighted by Crippen LogP contribution is 2.30. The Hall–Kier alpha value is -2.12. The molecule has 0 saturated carbocycles. The molecular formula is C18H15BrN4OS. The van der Waals surface area contributed by atoms with E-state index in [0.717, 1.165) is 20.6 Å². The molecule has 2 aliphatic rings. The molecule has 2 aromatic carbocycles. The summed E-state index contributed by atoms with van der Waals surface area (Å²) in [5.74, 6) is -0.161. The summed E-state index contributed by atoms with van der Waals surface area (Å²) in [6, 6.07) is 13.9. The second-order valence-corrected chi connectivity index (χ2v) is 7.54. The molecule has 1 amide bonds. The lowest BCUT2D eigenvalue weighted by Gasteiger charge is -2.34. The van der Waals surface area contributed by atoms with E-state index in [-0.39, 0.29) is 12.1 Å². The molecule has 126 valence electrons. The van der Waals surface area contributed by atoms with Crippen LogP contribution in [0.25, 0.3) is 5.70 Å². The maximum Gasteiger partial charge on any atom is 0.276 e. The molecule has 4 rings (SSSR count). The number of amides is 1. The number of halogens is 1. The molecule has 0 unspecified atom stereocenters. The average Bonchev–Trinajstić information content (AvgIpc) is 2.61. The van der Waals surface area contributed by atoms with Gasteiger partial charge in [-0.05, 0) is 36.9 Å². The smallest absolute Gasteiger partial charge is 0.276 e. The maximum atomic E-state index is 12.8. The van der Waals surface area contributed by atoms with Gasteiger partial charge in [0, 0.05) is 9.69 Å². The van der Waals surface area contributed by atoms with E-state index in [9.17, 15) is 4.79 Å². The summed E-state index contributed by atoms with van der Waals surface area (Å²) in [5.41, 5.74) is 2.70. The zero-order valence-corrected chi connectivity index (χ0v) is 16.1. The van der Waals surface area contributed by atoms with Gasteiger partial charge in [-0.3, -0.25) is 15.1 Å². The number of nitrogens with one attached hydrogen (secondary N) is 1. The maximum absolute atomic E-state index is 12.8. The largest absolute Gasteiger partial charge is 0.298 e. The van der Waals surface area contributed by atoms with Gasteiger partial charge in [-0.15, -0.1) is 5.10 Å². The standard InChI is InChI=1S/C18H15BrN4OS/c1-10-3-5-11(6-4-10)16-20-14-8-7-12(19)9-13(14)15-17(24)21-18(25-2)22-23(15)16/h3-9,16H,1-2H3,(H,21,22,24)/t16-/m0/s1. The fraction of sp³-hybridized carbons (Fsp3) is 0.167. The van der Waals surface area contributed by atoms with Crippen LogP contribution in [0.15, 0.2) is 57.0 Å². The summed E-state index contributed by atoms with van der Waals surface area (Å²) in [5, 5.41) is 11.3. The van der Waals surface area contributed by atoms with Crippen LogP contribution >= 0.6 is 27.7 Å². The summed E-state index contributed by atoms with van der Waals surface area (Å²) in [7, 11) is 0. The fourth-order valence-electron chi connectivity index (χ4n) is 2.90. The molecule has 0 spiro atoms. The van der Waals surface area contributed by atoms with Gasteiger partial charge in [-0.2, -0.15) is 0 Å². The van der Waals surface area contributed by atoms with Crippen molar-refractivity contribution in [1.82, 2.24) is 10.3 Å². The highest BCUT2D eigenvalue weighted by atomic mass is 79.9. The number of fused-ring (bicyclic) bond motifs is 2. The molecule has 0 bridgehead atoms. The fourth-order valence-corrected chi connectivity index (χ4v) is 3.62. The number of aryl methyl sites for hydroxylation is 1. The lowest BCUT2D eigenvalue weighted by atomic mass is 10.1. The van der Waals surface area contributed by atoms with E-state index in [4.69, 9.17) is 4.99 Å². The summed E-state index contributed by atoms with van der Waals surface area (Å²) in [4.78, 5) is 17.6. The van der Waals surface area contributed by atoms with Crippen molar-refractivity contribution in [3.63, 3.8) is 0 Å². The minimum absolute atomic E-state index is 0.161. The second kappa shape index (κ2) is 6.31. The van der Waals surface area contributed by atoms with Crippen molar-refractivity contribution in [2.45, 2.75) is 13.1 Å². The van der Waals surface area contributed by atoms with Gasteiger partial charge in [0.05, 0.1) is 5.36 Å². The van der Waals surface area contributed by atoms with Gasteiger partial charge in [-0.1, -0.05) is 57.5 Å².